The summed E-state index contributed by atoms with van der Waals surface area (Å²) in [5.41, 5.74) is 7.22. The summed E-state index contributed by atoms with van der Waals surface area (Å²) in [4.78, 5) is 14.4. The summed E-state index contributed by atoms with van der Waals surface area (Å²) in [6.07, 6.45) is 3.30. The highest BCUT2D eigenvalue weighted by Crippen LogP contribution is 2.27. The summed E-state index contributed by atoms with van der Waals surface area (Å²) in [7, 11) is 3.51. The van der Waals surface area contributed by atoms with Gasteiger partial charge in [-0.15, -0.1) is 12.4 Å². The largest absolute Gasteiger partial charge is 0.491 e. The van der Waals surface area contributed by atoms with E-state index in [0.29, 0.717) is 19.6 Å². The quantitative estimate of drug-likeness (QED) is 0.801. The van der Waals surface area contributed by atoms with Crippen molar-refractivity contribution >= 4 is 18.3 Å². The lowest BCUT2D eigenvalue weighted by atomic mass is 9.83. The Morgan fingerprint density at radius 2 is 2.04 bits per heavy atom. The fraction of sp³-hybridized carbons (Fsp3) is 0.632. The molecule has 6 heteroatoms. The van der Waals surface area contributed by atoms with E-state index in [9.17, 15) is 4.79 Å². The number of likely N-dealkylation sites (N-methyl/N-ethyl adjacent to an activating group) is 1. The molecule has 0 spiro atoms. The van der Waals surface area contributed by atoms with Crippen molar-refractivity contribution in [1.82, 2.24) is 4.90 Å². The molecule has 3 atom stereocenters. The Balaban J connectivity index is 0.00000312. The van der Waals surface area contributed by atoms with Gasteiger partial charge in [-0.25, -0.2) is 0 Å². The Morgan fingerprint density at radius 1 is 1.32 bits per heavy atom. The second-order valence-corrected chi connectivity index (χ2v) is 6.52. The van der Waals surface area contributed by atoms with Crippen molar-refractivity contribution < 1.29 is 14.3 Å². The molecule has 1 aromatic carbocycles. The van der Waals surface area contributed by atoms with Gasteiger partial charge in [0.1, 0.15) is 12.4 Å². The third kappa shape index (κ3) is 5.87. The normalized spacial score (nSPS) is 22.8. The van der Waals surface area contributed by atoms with Crippen molar-refractivity contribution in [3.05, 3.63) is 29.8 Å². The second-order valence-electron chi connectivity index (χ2n) is 6.52. The molecule has 0 unspecified atom stereocenters. The number of halogens is 1. The van der Waals surface area contributed by atoms with Gasteiger partial charge in [-0.1, -0.05) is 25.1 Å². The average Bonchev–Trinajstić information content (AvgIpc) is 2.61. The molecular weight excluding hydrogens is 340 g/mol. The van der Waals surface area contributed by atoms with E-state index in [0.717, 1.165) is 25.0 Å². The molecule has 1 aliphatic rings. The summed E-state index contributed by atoms with van der Waals surface area (Å²) < 4.78 is 11.3. The zero-order valence-electron chi connectivity index (χ0n) is 15.4. The first-order chi connectivity index (χ1) is 11.6. The zero-order valence-corrected chi connectivity index (χ0v) is 16.3. The smallest absolute Gasteiger partial charge is 0.225 e. The number of para-hydroxylation sites is 1. The second kappa shape index (κ2) is 10.6. The molecule has 1 aromatic rings. The fourth-order valence-electron chi connectivity index (χ4n) is 3.30. The minimum Gasteiger partial charge on any atom is -0.491 e. The van der Waals surface area contributed by atoms with E-state index in [-0.39, 0.29) is 36.4 Å². The van der Waals surface area contributed by atoms with Crippen LogP contribution in [0.15, 0.2) is 24.3 Å². The molecule has 0 saturated heterocycles. The number of carbonyl (C=O) groups is 1. The third-order valence-electron chi connectivity index (χ3n) is 4.91. The van der Waals surface area contributed by atoms with Gasteiger partial charge in [0.25, 0.3) is 0 Å². The van der Waals surface area contributed by atoms with Crippen LogP contribution in [0.1, 0.15) is 31.7 Å². The van der Waals surface area contributed by atoms with E-state index in [1.807, 2.05) is 25.2 Å². The van der Waals surface area contributed by atoms with Crippen molar-refractivity contribution in [1.29, 1.82) is 0 Å². The van der Waals surface area contributed by atoms with E-state index >= 15 is 0 Å². The number of ether oxygens (including phenoxy) is 2. The lowest BCUT2D eigenvalue weighted by Gasteiger charge is -2.34. The first-order valence-electron chi connectivity index (χ1n) is 8.80. The molecule has 1 amide bonds. The van der Waals surface area contributed by atoms with Crippen molar-refractivity contribution in [3.8, 4) is 5.75 Å². The molecule has 0 heterocycles. The first-order valence-corrected chi connectivity index (χ1v) is 8.80. The molecule has 142 valence electrons. The molecule has 2 N–H and O–H groups in total. The van der Waals surface area contributed by atoms with Gasteiger partial charge < -0.3 is 20.1 Å². The van der Waals surface area contributed by atoms with Crippen LogP contribution in [0, 0.1) is 5.92 Å². The maximum Gasteiger partial charge on any atom is 0.225 e. The Labute approximate surface area is 157 Å². The van der Waals surface area contributed by atoms with Crippen molar-refractivity contribution in [2.24, 2.45) is 11.7 Å². The van der Waals surface area contributed by atoms with Crippen LogP contribution < -0.4 is 10.5 Å². The number of carbonyl (C=O) groups excluding carboxylic acids is 1. The van der Waals surface area contributed by atoms with Crippen LogP contribution in [-0.4, -0.2) is 50.3 Å². The predicted octanol–water partition coefficient (Wildman–Crippen LogP) is 2.65. The predicted molar refractivity (Wildman–Crippen MR) is 102 cm³/mol. The Bertz CT molecular complexity index is 541. The van der Waals surface area contributed by atoms with Crippen LogP contribution in [-0.2, 0) is 16.0 Å². The molecule has 1 aliphatic carbocycles. The van der Waals surface area contributed by atoms with Crippen LogP contribution in [0.3, 0.4) is 0 Å². The molecule has 0 aromatic heterocycles. The minimum atomic E-state index is -0.0196. The van der Waals surface area contributed by atoms with E-state index < -0.39 is 0 Å². The standard InChI is InChI=1S/C19H30N2O3.ClH/c1-4-14-7-5-6-8-17(14)24-12-11-21(2)19(22)15-9-10-16(20)18(13-15)23-3;/h5-8,15-16,18H,4,9-13,20H2,1-3H3;1H/t15-,16-,18-;/m0./s1. The maximum absolute atomic E-state index is 12.6. The summed E-state index contributed by atoms with van der Waals surface area (Å²) in [6.45, 7) is 3.19. The molecular formula is C19H31ClN2O3. The number of nitrogens with two attached hydrogens (primary N) is 1. The van der Waals surface area contributed by atoms with E-state index in [1.165, 1.54) is 5.56 Å². The molecule has 0 radical (unpaired) electrons. The lowest BCUT2D eigenvalue weighted by molar-refractivity contribution is -0.137. The van der Waals surface area contributed by atoms with E-state index in [4.69, 9.17) is 15.2 Å². The zero-order chi connectivity index (χ0) is 17.5. The number of hydrogen-bond donors (Lipinski definition) is 1. The highest BCUT2D eigenvalue weighted by atomic mass is 35.5. The van der Waals surface area contributed by atoms with Gasteiger partial charge in [-0.05, 0) is 37.3 Å². The van der Waals surface area contributed by atoms with Crippen molar-refractivity contribution in [2.45, 2.75) is 44.8 Å². The Kier molecular flexibility index (Phi) is 9.25. The number of nitrogens with zero attached hydrogens (tertiary/aromatic N) is 1. The number of rotatable bonds is 7. The van der Waals surface area contributed by atoms with Crippen LogP contribution in [0.5, 0.6) is 5.75 Å². The lowest BCUT2D eigenvalue weighted by Crippen LogP contribution is -2.46. The van der Waals surface area contributed by atoms with Gasteiger partial charge in [0.05, 0.1) is 12.6 Å². The molecule has 1 fully saturated rings. The number of hydrogen-bond acceptors (Lipinski definition) is 4. The van der Waals surface area contributed by atoms with E-state index in [1.54, 1.807) is 12.0 Å². The average molecular weight is 371 g/mol. The van der Waals surface area contributed by atoms with Gasteiger partial charge in [-0.3, -0.25) is 4.79 Å². The molecule has 5 nitrogen and oxygen atoms in total. The highest BCUT2D eigenvalue weighted by molar-refractivity contribution is 5.85. The summed E-state index contributed by atoms with van der Waals surface area (Å²) in [6, 6.07) is 8.08. The Morgan fingerprint density at radius 3 is 2.72 bits per heavy atom. The fourth-order valence-corrected chi connectivity index (χ4v) is 3.30. The Hall–Kier alpha value is -1.30. The summed E-state index contributed by atoms with van der Waals surface area (Å²) >= 11 is 0. The van der Waals surface area contributed by atoms with Gasteiger partial charge in [-0.2, -0.15) is 0 Å². The van der Waals surface area contributed by atoms with Gasteiger partial charge in [0, 0.05) is 26.1 Å². The van der Waals surface area contributed by atoms with Gasteiger partial charge in [0.2, 0.25) is 5.91 Å². The van der Waals surface area contributed by atoms with Crippen LogP contribution in [0.2, 0.25) is 0 Å². The van der Waals surface area contributed by atoms with Gasteiger partial charge >= 0.3 is 0 Å². The molecule has 1 saturated carbocycles. The molecule has 0 aliphatic heterocycles. The minimum absolute atomic E-state index is 0. The van der Waals surface area contributed by atoms with Crippen LogP contribution in [0.25, 0.3) is 0 Å². The molecule has 2 rings (SSSR count). The highest BCUT2D eigenvalue weighted by Gasteiger charge is 2.33. The molecule has 25 heavy (non-hydrogen) atoms. The van der Waals surface area contributed by atoms with Crippen molar-refractivity contribution in [2.75, 3.05) is 27.3 Å². The number of methoxy groups -OCH3 is 1. The number of benzene rings is 1. The van der Waals surface area contributed by atoms with Crippen LogP contribution in [0.4, 0.5) is 0 Å². The third-order valence-corrected chi connectivity index (χ3v) is 4.91. The maximum atomic E-state index is 12.6. The summed E-state index contributed by atoms with van der Waals surface area (Å²) in [5.74, 6) is 1.07. The number of amides is 1. The van der Waals surface area contributed by atoms with Crippen molar-refractivity contribution in [3.63, 3.8) is 0 Å². The first kappa shape index (κ1) is 21.7. The topological polar surface area (TPSA) is 64.8 Å². The SMILES string of the molecule is CCc1ccccc1OCCN(C)C(=O)[C@H]1CC[C@H](N)[C@@H](OC)C1.Cl. The van der Waals surface area contributed by atoms with Crippen LogP contribution >= 0.6 is 12.4 Å². The summed E-state index contributed by atoms with van der Waals surface area (Å²) in [5, 5.41) is 0. The monoisotopic (exact) mass is 370 g/mol. The van der Waals surface area contributed by atoms with E-state index in [2.05, 4.69) is 13.0 Å². The number of aryl methyl sites for hydroxylation is 1. The molecule has 0 bridgehead atoms. The van der Waals surface area contributed by atoms with Gasteiger partial charge in [0.15, 0.2) is 0 Å².